The monoisotopic (exact) mass is 286 g/mol. The summed E-state index contributed by atoms with van der Waals surface area (Å²) in [7, 11) is 0. The molecule has 2 saturated heterocycles. The zero-order valence-electron chi connectivity index (χ0n) is 11.0. The minimum absolute atomic E-state index is 0.163. The summed E-state index contributed by atoms with van der Waals surface area (Å²) >= 11 is 0. The van der Waals surface area contributed by atoms with E-state index in [2.05, 4.69) is 15.0 Å². The molecular formula is C14H17F3N2O. The van der Waals surface area contributed by atoms with E-state index in [9.17, 15) is 13.2 Å². The second-order valence-electron chi connectivity index (χ2n) is 5.56. The smallest absolute Gasteiger partial charge is 0.406 e. The average Bonchev–Trinajstić information content (AvgIpc) is 2.90. The molecule has 0 unspecified atom stereocenters. The molecule has 0 spiro atoms. The highest BCUT2D eigenvalue weighted by atomic mass is 19.4. The first-order chi connectivity index (χ1) is 9.49. The topological polar surface area (TPSA) is 24.5 Å². The standard InChI is InChI=1S/C14H17F3N2O/c15-14(16,17)20-13-3-1-10(2-4-13)7-19-8-11-5-18-6-12(11)9-19/h1-4,11-12,18H,5-9H2/t11-,12+. The van der Waals surface area contributed by atoms with Gasteiger partial charge in [-0.05, 0) is 42.6 Å². The van der Waals surface area contributed by atoms with Gasteiger partial charge in [0.05, 0.1) is 0 Å². The Morgan fingerprint density at radius 1 is 1.10 bits per heavy atom. The van der Waals surface area contributed by atoms with Crippen LogP contribution in [-0.4, -0.2) is 37.4 Å². The lowest BCUT2D eigenvalue weighted by Crippen LogP contribution is -2.25. The molecule has 3 rings (SSSR count). The molecule has 0 aliphatic carbocycles. The van der Waals surface area contributed by atoms with Crippen LogP contribution < -0.4 is 10.1 Å². The van der Waals surface area contributed by atoms with Crippen LogP contribution in [0.3, 0.4) is 0 Å². The second-order valence-corrected chi connectivity index (χ2v) is 5.56. The minimum Gasteiger partial charge on any atom is -0.406 e. The van der Waals surface area contributed by atoms with Crippen molar-refractivity contribution < 1.29 is 17.9 Å². The maximum Gasteiger partial charge on any atom is 0.573 e. The lowest BCUT2D eigenvalue weighted by Gasteiger charge is -2.17. The third-order valence-corrected chi connectivity index (χ3v) is 4.03. The van der Waals surface area contributed by atoms with Crippen LogP contribution in [0.25, 0.3) is 0 Å². The molecule has 1 N–H and O–H groups in total. The summed E-state index contributed by atoms with van der Waals surface area (Å²) in [5.41, 5.74) is 1.02. The van der Waals surface area contributed by atoms with E-state index in [1.807, 2.05) is 0 Å². The lowest BCUT2D eigenvalue weighted by molar-refractivity contribution is -0.274. The molecule has 0 radical (unpaired) electrons. The van der Waals surface area contributed by atoms with Gasteiger partial charge in [-0.3, -0.25) is 4.90 Å². The fraction of sp³-hybridized carbons (Fsp3) is 0.571. The van der Waals surface area contributed by atoms with Gasteiger partial charge in [-0.15, -0.1) is 13.2 Å². The van der Waals surface area contributed by atoms with Crippen LogP contribution in [-0.2, 0) is 6.54 Å². The van der Waals surface area contributed by atoms with Crippen molar-refractivity contribution in [3.8, 4) is 5.75 Å². The number of halogens is 3. The first kappa shape index (κ1) is 13.7. The number of benzene rings is 1. The van der Waals surface area contributed by atoms with Gasteiger partial charge in [0.25, 0.3) is 0 Å². The van der Waals surface area contributed by atoms with Gasteiger partial charge in [0.1, 0.15) is 5.75 Å². The maximum atomic E-state index is 12.1. The number of alkyl halides is 3. The Bertz CT molecular complexity index is 448. The Kier molecular flexibility index (Phi) is 3.60. The third kappa shape index (κ3) is 3.24. The number of ether oxygens (including phenoxy) is 1. The number of hydrogen-bond acceptors (Lipinski definition) is 3. The van der Waals surface area contributed by atoms with Crippen LogP contribution in [0.1, 0.15) is 5.56 Å². The summed E-state index contributed by atoms with van der Waals surface area (Å²) in [5.74, 6) is 1.29. The van der Waals surface area contributed by atoms with E-state index in [1.165, 1.54) is 12.1 Å². The largest absolute Gasteiger partial charge is 0.573 e. The molecule has 2 aliphatic rings. The van der Waals surface area contributed by atoms with E-state index in [4.69, 9.17) is 0 Å². The zero-order valence-corrected chi connectivity index (χ0v) is 11.0. The van der Waals surface area contributed by atoms with Crippen LogP contribution in [0.4, 0.5) is 13.2 Å². The summed E-state index contributed by atoms with van der Waals surface area (Å²) in [5, 5.41) is 3.39. The number of likely N-dealkylation sites (tertiary alicyclic amines) is 1. The maximum absolute atomic E-state index is 12.1. The van der Waals surface area contributed by atoms with Crippen LogP contribution in [0.2, 0.25) is 0 Å². The van der Waals surface area contributed by atoms with E-state index in [-0.39, 0.29) is 5.75 Å². The van der Waals surface area contributed by atoms with Crippen molar-refractivity contribution in [2.24, 2.45) is 11.8 Å². The van der Waals surface area contributed by atoms with Crippen molar-refractivity contribution >= 4 is 0 Å². The van der Waals surface area contributed by atoms with E-state index < -0.39 is 6.36 Å². The fourth-order valence-electron chi connectivity index (χ4n) is 3.14. The Hall–Kier alpha value is -1.27. The van der Waals surface area contributed by atoms with Crippen molar-refractivity contribution in [2.45, 2.75) is 12.9 Å². The average molecular weight is 286 g/mol. The number of rotatable bonds is 3. The van der Waals surface area contributed by atoms with E-state index >= 15 is 0 Å². The first-order valence-corrected chi connectivity index (χ1v) is 6.77. The highest BCUT2D eigenvalue weighted by molar-refractivity contribution is 5.27. The van der Waals surface area contributed by atoms with Crippen LogP contribution in [0.15, 0.2) is 24.3 Å². The molecular weight excluding hydrogens is 269 g/mol. The van der Waals surface area contributed by atoms with E-state index in [0.29, 0.717) is 0 Å². The zero-order chi connectivity index (χ0) is 14.2. The number of fused-ring (bicyclic) bond motifs is 1. The molecule has 2 heterocycles. The molecule has 1 aromatic carbocycles. The minimum atomic E-state index is -4.62. The lowest BCUT2D eigenvalue weighted by atomic mass is 10.0. The summed E-state index contributed by atoms with van der Waals surface area (Å²) in [4.78, 5) is 2.37. The molecule has 6 heteroatoms. The van der Waals surface area contributed by atoms with Crippen molar-refractivity contribution in [3.05, 3.63) is 29.8 Å². The van der Waals surface area contributed by atoms with Gasteiger partial charge in [-0.25, -0.2) is 0 Å². The highest BCUT2D eigenvalue weighted by Crippen LogP contribution is 2.28. The summed E-state index contributed by atoms with van der Waals surface area (Å²) in [6, 6.07) is 6.16. The second kappa shape index (κ2) is 5.26. The Morgan fingerprint density at radius 2 is 1.70 bits per heavy atom. The molecule has 0 saturated carbocycles. The van der Waals surface area contributed by atoms with Gasteiger partial charge in [0.2, 0.25) is 0 Å². The third-order valence-electron chi connectivity index (χ3n) is 4.03. The molecule has 0 amide bonds. The molecule has 0 aromatic heterocycles. The molecule has 2 aliphatic heterocycles. The van der Waals surface area contributed by atoms with E-state index in [1.54, 1.807) is 12.1 Å². The number of nitrogens with one attached hydrogen (secondary N) is 1. The molecule has 1 aromatic rings. The normalized spacial score (nSPS) is 26.8. The van der Waals surface area contributed by atoms with Crippen LogP contribution >= 0.6 is 0 Å². The van der Waals surface area contributed by atoms with Crippen molar-refractivity contribution in [1.82, 2.24) is 10.2 Å². The van der Waals surface area contributed by atoms with Gasteiger partial charge in [0.15, 0.2) is 0 Å². The highest BCUT2D eigenvalue weighted by Gasteiger charge is 2.35. The fourth-order valence-corrected chi connectivity index (χ4v) is 3.14. The Morgan fingerprint density at radius 3 is 2.25 bits per heavy atom. The number of hydrogen-bond donors (Lipinski definition) is 1. The molecule has 3 nitrogen and oxygen atoms in total. The Balaban J connectivity index is 1.56. The molecule has 20 heavy (non-hydrogen) atoms. The van der Waals surface area contributed by atoms with Crippen molar-refractivity contribution in [3.63, 3.8) is 0 Å². The van der Waals surface area contributed by atoms with Crippen LogP contribution in [0, 0.1) is 11.8 Å². The molecule has 2 fully saturated rings. The molecule has 110 valence electrons. The summed E-state index contributed by atoms with van der Waals surface area (Å²) in [6.45, 7) is 5.09. The number of nitrogens with zero attached hydrogens (tertiary/aromatic N) is 1. The predicted molar refractivity (Wildman–Crippen MR) is 68.3 cm³/mol. The van der Waals surface area contributed by atoms with Gasteiger partial charge in [0, 0.05) is 19.6 Å². The van der Waals surface area contributed by atoms with Gasteiger partial charge in [-0.2, -0.15) is 0 Å². The predicted octanol–water partition coefficient (Wildman–Crippen LogP) is 2.24. The molecule has 2 atom stereocenters. The quantitative estimate of drug-likeness (QED) is 0.922. The van der Waals surface area contributed by atoms with Crippen molar-refractivity contribution in [2.75, 3.05) is 26.2 Å². The summed E-state index contributed by atoms with van der Waals surface area (Å²) < 4.78 is 40.1. The summed E-state index contributed by atoms with van der Waals surface area (Å²) in [6.07, 6.45) is -4.62. The van der Waals surface area contributed by atoms with Gasteiger partial charge in [-0.1, -0.05) is 12.1 Å². The molecule has 0 bridgehead atoms. The Labute approximate surface area is 115 Å². The SMILES string of the molecule is FC(F)(F)Oc1ccc(CN2C[C@H]3CNC[C@H]3C2)cc1. The van der Waals surface area contributed by atoms with Crippen molar-refractivity contribution in [1.29, 1.82) is 0 Å². The first-order valence-electron chi connectivity index (χ1n) is 6.77. The van der Waals surface area contributed by atoms with Gasteiger partial charge < -0.3 is 10.1 Å². The van der Waals surface area contributed by atoms with Gasteiger partial charge >= 0.3 is 6.36 Å². The van der Waals surface area contributed by atoms with Crippen LogP contribution in [0.5, 0.6) is 5.75 Å². The van der Waals surface area contributed by atoms with E-state index in [0.717, 1.165) is 50.1 Å².